The van der Waals surface area contributed by atoms with Gasteiger partial charge in [-0.25, -0.2) is 0 Å². The van der Waals surface area contributed by atoms with Crippen LogP contribution in [-0.4, -0.2) is 65.1 Å². The predicted molar refractivity (Wildman–Crippen MR) is 131 cm³/mol. The number of carbonyl (C=O) groups excluding carboxylic acids is 1. The molecule has 0 radical (unpaired) electrons. The molecule has 0 aromatic heterocycles. The zero-order valence-electron chi connectivity index (χ0n) is 20.1. The maximum Gasteiger partial charge on any atom is 0.305 e. The highest BCUT2D eigenvalue weighted by atomic mass is 35.5. The number of carbonyl (C=O) groups is 1. The number of halogens is 1. The zero-order valence-corrected chi connectivity index (χ0v) is 20.8. The number of benzene rings is 2. The fourth-order valence-electron chi connectivity index (χ4n) is 4.01. The fourth-order valence-corrected chi connectivity index (χ4v) is 4.20. The monoisotopic (exact) mass is 505 g/mol. The molecule has 0 saturated carbocycles. The van der Waals surface area contributed by atoms with E-state index >= 15 is 0 Å². The lowest BCUT2D eigenvalue weighted by Crippen LogP contribution is -2.55. The van der Waals surface area contributed by atoms with E-state index in [1.807, 2.05) is 37.3 Å². The van der Waals surface area contributed by atoms with Crippen LogP contribution in [0.4, 0.5) is 0 Å². The van der Waals surface area contributed by atoms with Crippen molar-refractivity contribution in [3.63, 3.8) is 0 Å². The number of hydrogen-bond donors (Lipinski definition) is 3. The van der Waals surface area contributed by atoms with Crippen molar-refractivity contribution in [3.8, 4) is 0 Å². The van der Waals surface area contributed by atoms with Crippen LogP contribution < -0.4 is 0 Å². The summed E-state index contributed by atoms with van der Waals surface area (Å²) in [5, 5.41) is 35.9. The lowest BCUT2D eigenvalue weighted by atomic mass is 9.90. The van der Waals surface area contributed by atoms with Crippen molar-refractivity contribution < 1.29 is 34.4 Å². The van der Waals surface area contributed by atoms with E-state index in [9.17, 15) is 20.1 Å². The summed E-state index contributed by atoms with van der Waals surface area (Å²) in [4.78, 5) is 16.4. The van der Waals surface area contributed by atoms with Crippen molar-refractivity contribution in [2.45, 2.75) is 63.6 Å². The van der Waals surface area contributed by atoms with Crippen molar-refractivity contribution >= 4 is 23.3 Å². The second kappa shape index (κ2) is 12.5. The predicted octanol–water partition coefficient (Wildman–Crippen LogP) is 3.17. The zero-order chi connectivity index (χ0) is 25.5. The molecular formula is C26H32ClNO7. The Bertz CT molecular complexity index is 1030. The van der Waals surface area contributed by atoms with E-state index in [4.69, 9.17) is 25.9 Å². The average molecular weight is 506 g/mol. The maximum absolute atomic E-state index is 11.5. The summed E-state index contributed by atoms with van der Waals surface area (Å²) in [6.07, 6.45) is -4.71. The van der Waals surface area contributed by atoms with E-state index in [1.54, 1.807) is 19.1 Å². The number of nitrogens with zero attached hydrogens (tertiary/aromatic N) is 1. The van der Waals surface area contributed by atoms with Gasteiger partial charge >= 0.3 is 5.97 Å². The number of aliphatic hydroxyl groups excluding tert-OH is 3. The molecule has 0 aliphatic carbocycles. The van der Waals surface area contributed by atoms with Crippen LogP contribution in [0.5, 0.6) is 0 Å². The van der Waals surface area contributed by atoms with Gasteiger partial charge in [0.05, 0.1) is 5.71 Å². The summed E-state index contributed by atoms with van der Waals surface area (Å²) in [5.41, 5.74) is 4.24. The largest absolute Gasteiger partial charge is 0.463 e. The number of ether oxygens (including phenoxy) is 2. The fraction of sp³-hybridized carbons (Fsp3) is 0.462. The third-order valence-electron chi connectivity index (χ3n) is 6.03. The van der Waals surface area contributed by atoms with E-state index in [0.29, 0.717) is 17.0 Å². The first-order valence-electron chi connectivity index (χ1n) is 11.6. The third kappa shape index (κ3) is 6.59. The molecule has 1 saturated heterocycles. The second-order valence-corrected chi connectivity index (χ2v) is 8.81. The van der Waals surface area contributed by atoms with Crippen molar-refractivity contribution in [1.29, 1.82) is 0 Å². The number of esters is 1. The molecular weight excluding hydrogens is 474 g/mol. The van der Waals surface area contributed by atoms with Gasteiger partial charge < -0.3 is 29.6 Å². The Morgan fingerprint density at radius 3 is 2.37 bits per heavy atom. The molecule has 2 aromatic rings. The van der Waals surface area contributed by atoms with Gasteiger partial charge in [-0.1, -0.05) is 67.0 Å². The lowest BCUT2D eigenvalue weighted by molar-refractivity contribution is -0.234. The SMILES string of the molecule is CCC(=O)OC[C@H]1O[C@@H](c2ccc(Cl)c(Cc3ccc(/C(CC)=N/OC)cc3)c2)[C@H](O)[C@@H](O)[C@@H]1O. The molecule has 1 fully saturated rings. The van der Waals surface area contributed by atoms with E-state index in [1.165, 1.54) is 7.11 Å². The number of oxime groups is 1. The van der Waals surface area contributed by atoms with E-state index in [-0.39, 0.29) is 13.0 Å². The van der Waals surface area contributed by atoms with Crippen LogP contribution in [0.3, 0.4) is 0 Å². The third-order valence-corrected chi connectivity index (χ3v) is 6.39. The minimum Gasteiger partial charge on any atom is -0.463 e. The summed E-state index contributed by atoms with van der Waals surface area (Å²) in [6.45, 7) is 3.43. The van der Waals surface area contributed by atoms with Crippen LogP contribution in [0.25, 0.3) is 0 Å². The highest BCUT2D eigenvalue weighted by molar-refractivity contribution is 6.31. The van der Waals surface area contributed by atoms with Gasteiger partial charge in [0, 0.05) is 11.4 Å². The Hall–Kier alpha value is -2.49. The standard InChI is InChI=1S/C26H32ClNO7/c1-4-20(28-33-3)16-8-6-15(7-9-16)12-18-13-17(10-11-19(18)27)26-25(32)24(31)23(30)21(35-26)14-34-22(29)5-2/h6-11,13,21,23-26,30-32H,4-5,12,14H2,1-3H3/b28-20+/t21-,23-,24+,25-,26+/m1/s1. The first kappa shape index (κ1) is 27.1. The van der Waals surface area contributed by atoms with Crippen LogP contribution >= 0.6 is 11.6 Å². The average Bonchev–Trinajstić information content (AvgIpc) is 2.87. The van der Waals surface area contributed by atoms with Crippen LogP contribution in [0, 0.1) is 0 Å². The van der Waals surface area contributed by atoms with Crippen molar-refractivity contribution in [2.75, 3.05) is 13.7 Å². The van der Waals surface area contributed by atoms with E-state index in [0.717, 1.165) is 28.8 Å². The minimum absolute atomic E-state index is 0.178. The van der Waals surface area contributed by atoms with Gasteiger partial charge in [-0.3, -0.25) is 4.79 Å². The Kier molecular flexibility index (Phi) is 9.65. The second-order valence-electron chi connectivity index (χ2n) is 8.40. The molecule has 3 N–H and O–H groups in total. The van der Waals surface area contributed by atoms with Crippen molar-refractivity contribution in [3.05, 3.63) is 69.7 Å². The molecule has 9 heteroatoms. The molecule has 3 rings (SSSR count). The maximum atomic E-state index is 11.5. The molecule has 8 nitrogen and oxygen atoms in total. The molecule has 1 aliphatic heterocycles. The molecule has 1 aliphatic rings. The highest BCUT2D eigenvalue weighted by Gasteiger charge is 2.44. The van der Waals surface area contributed by atoms with Gasteiger partial charge in [-0.05, 0) is 41.2 Å². The highest BCUT2D eigenvalue weighted by Crippen LogP contribution is 2.34. The molecule has 190 valence electrons. The van der Waals surface area contributed by atoms with Crippen LogP contribution in [0.15, 0.2) is 47.6 Å². The molecule has 5 atom stereocenters. The quantitative estimate of drug-likeness (QED) is 0.272. The molecule has 0 unspecified atom stereocenters. The van der Waals surface area contributed by atoms with Crippen molar-refractivity contribution in [1.82, 2.24) is 0 Å². The smallest absolute Gasteiger partial charge is 0.305 e. The molecule has 1 heterocycles. The summed E-state index contributed by atoms with van der Waals surface area (Å²) in [6, 6.07) is 13.2. The van der Waals surface area contributed by atoms with Crippen LogP contribution in [-0.2, 0) is 25.5 Å². The van der Waals surface area contributed by atoms with Gasteiger partial charge in [0.2, 0.25) is 0 Å². The van der Waals surface area contributed by atoms with Crippen LogP contribution in [0.2, 0.25) is 5.02 Å². The summed E-state index contributed by atoms with van der Waals surface area (Å²) >= 11 is 6.46. The van der Waals surface area contributed by atoms with Gasteiger partial charge in [-0.2, -0.15) is 0 Å². The van der Waals surface area contributed by atoms with Crippen LogP contribution in [0.1, 0.15) is 55.0 Å². The van der Waals surface area contributed by atoms with Gasteiger partial charge in [0.25, 0.3) is 0 Å². The normalized spacial score (nSPS) is 24.8. The number of aliphatic hydroxyl groups is 3. The molecule has 0 bridgehead atoms. The molecule has 0 amide bonds. The molecule has 2 aromatic carbocycles. The summed E-state index contributed by atoms with van der Waals surface area (Å²) < 4.78 is 11.0. The topological polar surface area (TPSA) is 118 Å². The summed E-state index contributed by atoms with van der Waals surface area (Å²) in [7, 11) is 1.52. The Labute approximate surface area is 210 Å². The molecule has 0 spiro atoms. The Balaban J connectivity index is 1.80. The number of hydrogen-bond acceptors (Lipinski definition) is 8. The van der Waals surface area contributed by atoms with Gasteiger partial charge in [0.1, 0.15) is 44.2 Å². The van der Waals surface area contributed by atoms with Gasteiger partial charge in [-0.15, -0.1) is 0 Å². The first-order chi connectivity index (χ1) is 16.8. The van der Waals surface area contributed by atoms with Gasteiger partial charge in [0.15, 0.2) is 0 Å². The Morgan fingerprint density at radius 1 is 1.03 bits per heavy atom. The van der Waals surface area contributed by atoms with E-state index < -0.39 is 36.5 Å². The molecule has 35 heavy (non-hydrogen) atoms. The number of rotatable bonds is 9. The lowest BCUT2D eigenvalue weighted by Gasteiger charge is -2.40. The van der Waals surface area contributed by atoms with Crippen molar-refractivity contribution in [2.24, 2.45) is 5.16 Å². The first-order valence-corrected chi connectivity index (χ1v) is 12.0. The Morgan fingerprint density at radius 2 is 1.74 bits per heavy atom. The van der Waals surface area contributed by atoms with E-state index in [2.05, 4.69) is 5.16 Å². The minimum atomic E-state index is -1.47. The summed E-state index contributed by atoms with van der Waals surface area (Å²) in [5.74, 6) is -0.447.